The van der Waals surface area contributed by atoms with Crippen molar-refractivity contribution in [2.24, 2.45) is 0 Å². The molecule has 0 aromatic carbocycles. The molecule has 0 spiro atoms. The maximum atomic E-state index is 12.3. The highest BCUT2D eigenvalue weighted by Crippen LogP contribution is 2.38. The van der Waals surface area contributed by atoms with Crippen molar-refractivity contribution in [3.63, 3.8) is 0 Å². The number of rotatable bonds is 7. The van der Waals surface area contributed by atoms with Gasteiger partial charge in [-0.15, -0.1) is 11.8 Å². The van der Waals surface area contributed by atoms with E-state index in [4.69, 9.17) is 4.42 Å². The third-order valence-corrected chi connectivity index (χ3v) is 4.71. The molecule has 2 heterocycles. The Morgan fingerprint density at radius 1 is 1.42 bits per heavy atom. The second-order valence-corrected chi connectivity index (χ2v) is 6.18. The van der Waals surface area contributed by atoms with Crippen LogP contribution < -0.4 is 0 Å². The van der Waals surface area contributed by atoms with Crippen molar-refractivity contribution < 1.29 is 9.21 Å². The van der Waals surface area contributed by atoms with Gasteiger partial charge in [-0.2, -0.15) is 0 Å². The molecule has 0 saturated carbocycles. The lowest BCUT2D eigenvalue weighted by molar-refractivity contribution is -0.131. The van der Waals surface area contributed by atoms with Gasteiger partial charge >= 0.3 is 0 Å². The third-order valence-electron chi connectivity index (χ3n) is 3.49. The molecule has 1 fully saturated rings. The number of unbranched alkanes of at least 4 members (excludes halogenated alkanes) is 4. The van der Waals surface area contributed by atoms with E-state index in [0.717, 1.165) is 24.5 Å². The Morgan fingerprint density at radius 3 is 3.00 bits per heavy atom. The normalized spacial score (nSPS) is 19.0. The van der Waals surface area contributed by atoms with Gasteiger partial charge in [-0.25, -0.2) is 0 Å². The molecule has 0 aliphatic carbocycles. The van der Waals surface area contributed by atoms with Gasteiger partial charge < -0.3 is 9.32 Å². The van der Waals surface area contributed by atoms with Crippen LogP contribution in [0.3, 0.4) is 0 Å². The predicted octanol–water partition coefficient (Wildman–Crippen LogP) is 4.21. The van der Waals surface area contributed by atoms with Crippen LogP contribution in [0.2, 0.25) is 0 Å². The van der Waals surface area contributed by atoms with Gasteiger partial charge in [0.25, 0.3) is 0 Å². The number of nitrogens with zero attached hydrogens (tertiary/aromatic N) is 1. The largest absolute Gasteiger partial charge is 0.466 e. The Balaban J connectivity index is 1.78. The summed E-state index contributed by atoms with van der Waals surface area (Å²) in [5.74, 6) is 2.19. The summed E-state index contributed by atoms with van der Waals surface area (Å²) in [6, 6.07) is 3.85. The fraction of sp³-hybridized carbons (Fsp3) is 0.667. The number of thioether (sulfide) groups is 1. The summed E-state index contributed by atoms with van der Waals surface area (Å²) < 4.78 is 5.44. The zero-order valence-electron chi connectivity index (χ0n) is 11.6. The van der Waals surface area contributed by atoms with Gasteiger partial charge in [-0.05, 0) is 18.6 Å². The summed E-state index contributed by atoms with van der Waals surface area (Å²) in [6.45, 7) is 3.06. The first-order valence-corrected chi connectivity index (χ1v) is 8.32. The van der Waals surface area contributed by atoms with Gasteiger partial charge in [0.05, 0.1) is 6.26 Å². The summed E-state index contributed by atoms with van der Waals surface area (Å²) in [4.78, 5) is 14.2. The van der Waals surface area contributed by atoms with E-state index in [0.29, 0.717) is 6.42 Å². The highest BCUT2D eigenvalue weighted by atomic mass is 32.2. The Bertz CT molecular complexity index is 378. The minimum Gasteiger partial charge on any atom is -0.466 e. The standard InChI is InChI=1S/C15H23NO2S/c1-2-3-4-5-6-9-14(17)16-10-12-19-15(16)13-8-7-11-18-13/h7-8,11,15H,2-6,9-10,12H2,1H3. The molecule has 0 radical (unpaired) electrons. The van der Waals surface area contributed by atoms with E-state index in [9.17, 15) is 4.79 Å². The maximum absolute atomic E-state index is 12.3. The summed E-state index contributed by atoms with van der Waals surface area (Å²) in [7, 11) is 0. The van der Waals surface area contributed by atoms with Crippen molar-refractivity contribution in [3.8, 4) is 0 Å². The highest BCUT2D eigenvalue weighted by Gasteiger charge is 2.31. The van der Waals surface area contributed by atoms with E-state index < -0.39 is 0 Å². The average Bonchev–Trinajstić information content (AvgIpc) is 3.08. The number of carbonyl (C=O) groups is 1. The number of carbonyl (C=O) groups excluding carboxylic acids is 1. The van der Waals surface area contributed by atoms with E-state index in [1.165, 1.54) is 25.7 Å². The van der Waals surface area contributed by atoms with Crippen molar-refractivity contribution in [1.29, 1.82) is 0 Å². The lowest BCUT2D eigenvalue weighted by Crippen LogP contribution is -2.29. The maximum Gasteiger partial charge on any atom is 0.223 e. The molecule has 1 unspecified atom stereocenters. The molecule has 1 amide bonds. The van der Waals surface area contributed by atoms with Gasteiger partial charge in [-0.1, -0.05) is 32.6 Å². The monoisotopic (exact) mass is 281 g/mol. The smallest absolute Gasteiger partial charge is 0.223 e. The molecule has 1 saturated heterocycles. The SMILES string of the molecule is CCCCCCCC(=O)N1CCSC1c1ccco1. The molecule has 0 bridgehead atoms. The number of hydrogen-bond donors (Lipinski definition) is 0. The third kappa shape index (κ3) is 4.03. The van der Waals surface area contributed by atoms with Crippen LogP contribution in [0.4, 0.5) is 0 Å². The summed E-state index contributed by atoms with van der Waals surface area (Å²) in [5.41, 5.74) is 0. The van der Waals surface area contributed by atoms with Crippen LogP contribution in [0.25, 0.3) is 0 Å². The van der Waals surface area contributed by atoms with Gasteiger partial charge in [0.1, 0.15) is 11.1 Å². The number of hydrogen-bond acceptors (Lipinski definition) is 3. The van der Waals surface area contributed by atoms with Crippen molar-refractivity contribution >= 4 is 17.7 Å². The molecule has 2 rings (SSSR count). The van der Waals surface area contributed by atoms with Crippen LogP contribution in [0.15, 0.2) is 22.8 Å². The molecular weight excluding hydrogens is 258 g/mol. The average molecular weight is 281 g/mol. The summed E-state index contributed by atoms with van der Waals surface area (Å²) in [6.07, 6.45) is 8.33. The first-order chi connectivity index (χ1) is 9.33. The summed E-state index contributed by atoms with van der Waals surface area (Å²) >= 11 is 1.80. The quantitative estimate of drug-likeness (QED) is 0.702. The van der Waals surface area contributed by atoms with E-state index in [1.54, 1.807) is 18.0 Å². The molecule has 1 aliphatic heterocycles. The molecule has 106 valence electrons. The van der Waals surface area contributed by atoms with Gasteiger partial charge in [0.2, 0.25) is 5.91 Å². The predicted molar refractivity (Wildman–Crippen MR) is 79.0 cm³/mol. The van der Waals surface area contributed by atoms with Crippen LogP contribution in [0.5, 0.6) is 0 Å². The fourth-order valence-corrected chi connectivity index (χ4v) is 3.64. The van der Waals surface area contributed by atoms with Crippen molar-refractivity contribution in [3.05, 3.63) is 24.2 Å². The Hall–Kier alpha value is -0.900. The Labute approximate surface area is 119 Å². The second-order valence-electron chi connectivity index (χ2n) is 4.99. The molecular formula is C15H23NO2S. The molecule has 1 aromatic heterocycles. The first kappa shape index (κ1) is 14.5. The molecule has 0 N–H and O–H groups in total. The zero-order valence-corrected chi connectivity index (χ0v) is 12.5. The van der Waals surface area contributed by atoms with Crippen molar-refractivity contribution in [1.82, 2.24) is 4.90 Å². The molecule has 4 heteroatoms. The number of furan rings is 1. The van der Waals surface area contributed by atoms with Crippen LogP contribution in [-0.4, -0.2) is 23.1 Å². The van der Waals surface area contributed by atoms with Crippen LogP contribution in [-0.2, 0) is 4.79 Å². The fourth-order valence-electron chi connectivity index (χ4n) is 2.42. The van der Waals surface area contributed by atoms with Gasteiger partial charge in [0, 0.05) is 18.7 Å². The second kappa shape index (κ2) is 7.63. The Kier molecular flexibility index (Phi) is 5.83. The topological polar surface area (TPSA) is 33.5 Å². The lowest BCUT2D eigenvalue weighted by atomic mass is 10.1. The minimum absolute atomic E-state index is 0.0955. The molecule has 3 nitrogen and oxygen atoms in total. The van der Waals surface area contributed by atoms with Crippen LogP contribution in [0, 0.1) is 0 Å². The first-order valence-electron chi connectivity index (χ1n) is 7.27. The lowest BCUT2D eigenvalue weighted by Gasteiger charge is -2.22. The van der Waals surface area contributed by atoms with E-state index >= 15 is 0 Å². The number of amides is 1. The van der Waals surface area contributed by atoms with Crippen molar-refractivity contribution in [2.45, 2.75) is 50.8 Å². The van der Waals surface area contributed by atoms with E-state index in [2.05, 4.69) is 6.92 Å². The van der Waals surface area contributed by atoms with Crippen LogP contribution >= 0.6 is 11.8 Å². The van der Waals surface area contributed by atoms with Crippen LogP contribution in [0.1, 0.15) is 56.6 Å². The molecule has 19 heavy (non-hydrogen) atoms. The Morgan fingerprint density at radius 2 is 2.26 bits per heavy atom. The molecule has 1 aromatic rings. The van der Waals surface area contributed by atoms with Crippen molar-refractivity contribution in [2.75, 3.05) is 12.3 Å². The van der Waals surface area contributed by atoms with Gasteiger partial charge in [0.15, 0.2) is 0 Å². The minimum atomic E-state index is 0.0955. The van der Waals surface area contributed by atoms with Gasteiger partial charge in [-0.3, -0.25) is 4.79 Å². The molecule has 1 aliphatic rings. The van der Waals surface area contributed by atoms with E-state index in [1.807, 2.05) is 17.0 Å². The summed E-state index contributed by atoms with van der Waals surface area (Å²) in [5, 5.41) is 0.0955. The highest BCUT2D eigenvalue weighted by molar-refractivity contribution is 7.99. The van der Waals surface area contributed by atoms with E-state index in [-0.39, 0.29) is 11.3 Å². The zero-order chi connectivity index (χ0) is 13.5. The molecule has 1 atom stereocenters.